The minimum Gasteiger partial charge on any atom is -0.378 e. The van der Waals surface area contributed by atoms with E-state index < -0.39 is 0 Å². The van der Waals surface area contributed by atoms with Crippen molar-refractivity contribution in [1.29, 1.82) is 0 Å². The van der Waals surface area contributed by atoms with Gasteiger partial charge in [-0.2, -0.15) is 0 Å². The summed E-state index contributed by atoms with van der Waals surface area (Å²) in [5, 5.41) is 0.896. The van der Waals surface area contributed by atoms with E-state index in [1.165, 1.54) is 5.69 Å². The van der Waals surface area contributed by atoms with E-state index in [2.05, 4.69) is 34.1 Å². The third kappa shape index (κ3) is 3.85. The maximum Gasteiger partial charge on any atom is 0.254 e. The summed E-state index contributed by atoms with van der Waals surface area (Å²) in [7, 11) is 1.85. The molecule has 1 aliphatic heterocycles. The zero-order valence-electron chi connectivity index (χ0n) is 16.4. The highest BCUT2D eigenvalue weighted by atomic mass is 16.5. The van der Waals surface area contributed by atoms with Crippen molar-refractivity contribution in [2.45, 2.75) is 13.5 Å². The van der Waals surface area contributed by atoms with E-state index in [1.54, 1.807) is 4.90 Å². The van der Waals surface area contributed by atoms with Crippen LogP contribution in [0.15, 0.2) is 54.6 Å². The van der Waals surface area contributed by atoms with Gasteiger partial charge < -0.3 is 14.5 Å². The molecule has 0 radical (unpaired) electrons. The first-order valence-electron chi connectivity index (χ1n) is 9.65. The molecule has 2 aromatic carbocycles. The Kier molecular flexibility index (Phi) is 5.26. The minimum absolute atomic E-state index is 0.0129. The SMILES string of the molecule is Cc1cc(C(=O)N(C)Cc2ccc(N3CCOCC3)cc2)c2ccccc2n1. The second-order valence-electron chi connectivity index (χ2n) is 7.26. The highest BCUT2D eigenvalue weighted by Gasteiger charge is 2.17. The maximum absolute atomic E-state index is 13.1. The molecule has 0 bridgehead atoms. The summed E-state index contributed by atoms with van der Waals surface area (Å²) >= 11 is 0. The number of nitrogens with zero attached hydrogens (tertiary/aromatic N) is 3. The summed E-state index contributed by atoms with van der Waals surface area (Å²) < 4.78 is 5.41. The smallest absolute Gasteiger partial charge is 0.254 e. The molecule has 1 amide bonds. The first-order chi connectivity index (χ1) is 13.6. The van der Waals surface area contributed by atoms with E-state index in [0.29, 0.717) is 12.1 Å². The van der Waals surface area contributed by atoms with Gasteiger partial charge in [0.15, 0.2) is 0 Å². The lowest BCUT2D eigenvalue weighted by Gasteiger charge is -2.29. The number of para-hydroxylation sites is 1. The van der Waals surface area contributed by atoms with Crippen LogP contribution in [0.5, 0.6) is 0 Å². The normalized spacial score (nSPS) is 14.3. The molecule has 5 heteroatoms. The van der Waals surface area contributed by atoms with E-state index in [9.17, 15) is 4.79 Å². The Morgan fingerprint density at radius 2 is 1.82 bits per heavy atom. The zero-order valence-corrected chi connectivity index (χ0v) is 16.4. The fourth-order valence-corrected chi connectivity index (χ4v) is 3.67. The number of aromatic nitrogens is 1. The lowest BCUT2D eigenvalue weighted by Crippen LogP contribution is -2.36. The van der Waals surface area contributed by atoms with Crippen LogP contribution in [-0.4, -0.2) is 49.1 Å². The predicted molar refractivity (Wildman–Crippen MR) is 112 cm³/mol. The number of ether oxygens (including phenoxy) is 1. The number of carbonyl (C=O) groups is 1. The summed E-state index contributed by atoms with van der Waals surface area (Å²) in [6.07, 6.45) is 0. The third-order valence-electron chi connectivity index (χ3n) is 5.15. The standard InChI is InChI=1S/C23H25N3O2/c1-17-15-21(20-5-3-4-6-22(20)24-17)23(27)25(2)16-18-7-9-19(10-8-18)26-11-13-28-14-12-26/h3-10,15H,11-14,16H2,1-2H3. The highest BCUT2D eigenvalue weighted by molar-refractivity contribution is 6.06. The van der Waals surface area contributed by atoms with Gasteiger partial charge in [-0.25, -0.2) is 0 Å². The lowest BCUT2D eigenvalue weighted by molar-refractivity contribution is 0.0787. The number of anilines is 1. The second kappa shape index (κ2) is 7.98. The van der Waals surface area contributed by atoms with Crippen molar-refractivity contribution in [2.75, 3.05) is 38.3 Å². The Labute approximate surface area is 165 Å². The van der Waals surface area contributed by atoms with E-state index >= 15 is 0 Å². The highest BCUT2D eigenvalue weighted by Crippen LogP contribution is 2.21. The average molecular weight is 375 g/mol. The van der Waals surface area contributed by atoms with Crippen LogP contribution in [0.4, 0.5) is 5.69 Å². The number of pyridine rings is 1. The van der Waals surface area contributed by atoms with Crippen LogP contribution in [0.1, 0.15) is 21.6 Å². The topological polar surface area (TPSA) is 45.7 Å². The van der Waals surface area contributed by atoms with Gasteiger partial charge in [-0.1, -0.05) is 30.3 Å². The minimum atomic E-state index is 0.0129. The maximum atomic E-state index is 13.1. The van der Waals surface area contributed by atoms with Gasteiger partial charge in [0.05, 0.1) is 24.3 Å². The number of amides is 1. The van der Waals surface area contributed by atoms with Crippen LogP contribution in [0, 0.1) is 6.92 Å². The number of carbonyl (C=O) groups excluding carboxylic acids is 1. The summed E-state index contributed by atoms with van der Waals surface area (Å²) in [5.74, 6) is 0.0129. The van der Waals surface area contributed by atoms with Crippen LogP contribution < -0.4 is 4.90 Å². The Hall–Kier alpha value is -2.92. The quantitative estimate of drug-likeness (QED) is 0.698. The molecular formula is C23H25N3O2. The Morgan fingerprint density at radius 1 is 1.11 bits per heavy atom. The third-order valence-corrected chi connectivity index (χ3v) is 5.15. The number of aryl methyl sites for hydroxylation is 1. The molecule has 0 aliphatic carbocycles. The molecule has 4 rings (SSSR count). The molecule has 0 saturated carbocycles. The molecule has 3 aromatic rings. The fourth-order valence-electron chi connectivity index (χ4n) is 3.67. The largest absolute Gasteiger partial charge is 0.378 e. The number of hydrogen-bond donors (Lipinski definition) is 0. The van der Waals surface area contributed by atoms with E-state index in [4.69, 9.17) is 4.74 Å². The van der Waals surface area contributed by atoms with E-state index in [-0.39, 0.29) is 5.91 Å². The molecule has 144 valence electrons. The summed E-state index contributed by atoms with van der Waals surface area (Å²) in [6.45, 7) is 5.89. The molecule has 1 aromatic heterocycles. The summed E-state index contributed by atoms with van der Waals surface area (Å²) in [4.78, 5) is 21.7. The molecule has 0 unspecified atom stereocenters. The van der Waals surface area contributed by atoms with Crippen LogP contribution in [0.25, 0.3) is 10.9 Å². The van der Waals surface area contributed by atoms with Gasteiger partial charge in [-0.05, 0) is 36.8 Å². The molecule has 0 atom stereocenters. The Morgan fingerprint density at radius 3 is 2.57 bits per heavy atom. The van der Waals surface area contributed by atoms with Gasteiger partial charge in [0.1, 0.15) is 0 Å². The number of morpholine rings is 1. The Balaban J connectivity index is 1.50. The van der Waals surface area contributed by atoms with Crippen LogP contribution >= 0.6 is 0 Å². The van der Waals surface area contributed by atoms with Gasteiger partial charge >= 0.3 is 0 Å². The van der Waals surface area contributed by atoms with Crippen molar-refractivity contribution < 1.29 is 9.53 Å². The van der Waals surface area contributed by atoms with Crippen molar-refractivity contribution in [3.63, 3.8) is 0 Å². The monoisotopic (exact) mass is 375 g/mol. The molecule has 5 nitrogen and oxygen atoms in total. The number of hydrogen-bond acceptors (Lipinski definition) is 4. The molecule has 2 heterocycles. The van der Waals surface area contributed by atoms with Gasteiger partial charge in [0, 0.05) is 43.4 Å². The summed E-state index contributed by atoms with van der Waals surface area (Å²) in [6, 6.07) is 18.1. The number of rotatable bonds is 4. The van der Waals surface area contributed by atoms with Crippen molar-refractivity contribution in [2.24, 2.45) is 0 Å². The van der Waals surface area contributed by atoms with Gasteiger partial charge in [-0.3, -0.25) is 9.78 Å². The van der Waals surface area contributed by atoms with Crippen LogP contribution in [0.2, 0.25) is 0 Å². The molecule has 1 aliphatic rings. The van der Waals surface area contributed by atoms with Gasteiger partial charge in [0.25, 0.3) is 5.91 Å². The fraction of sp³-hybridized carbons (Fsp3) is 0.304. The first-order valence-corrected chi connectivity index (χ1v) is 9.65. The molecule has 1 saturated heterocycles. The molecule has 0 spiro atoms. The Bertz CT molecular complexity index is 979. The second-order valence-corrected chi connectivity index (χ2v) is 7.26. The molecule has 0 N–H and O–H groups in total. The summed E-state index contributed by atoms with van der Waals surface area (Å²) in [5.41, 5.74) is 4.73. The van der Waals surface area contributed by atoms with Crippen LogP contribution in [-0.2, 0) is 11.3 Å². The molecule has 1 fully saturated rings. The van der Waals surface area contributed by atoms with Crippen molar-refractivity contribution in [1.82, 2.24) is 9.88 Å². The van der Waals surface area contributed by atoms with E-state index in [1.807, 2.05) is 44.3 Å². The molecular weight excluding hydrogens is 350 g/mol. The lowest BCUT2D eigenvalue weighted by atomic mass is 10.1. The van der Waals surface area contributed by atoms with Crippen molar-refractivity contribution in [3.05, 3.63) is 71.4 Å². The van der Waals surface area contributed by atoms with Crippen molar-refractivity contribution in [3.8, 4) is 0 Å². The average Bonchev–Trinajstić information content (AvgIpc) is 2.73. The zero-order chi connectivity index (χ0) is 19.5. The van der Waals surface area contributed by atoms with Crippen molar-refractivity contribution >= 4 is 22.5 Å². The number of benzene rings is 2. The molecule has 28 heavy (non-hydrogen) atoms. The predicted octanol–water partition coefficient (Wildman–Crippen LogP) is 3.65. The van der Waals surface area contributed by atoms with Crippen LogP contribution in [0.3, 0.4) is 0 Å². The van der Waals surface area contributed by atoms with E-state index in [0.717, 1.165) is 48.5 Å². The number of fused-ring (bicyclic) bond motifs is 1. The first kappa shape index (κ1) is 18.4. The van der Waals surface area contributed by atoms with Gasteiger partial charge in [0.2, 0.25) is 0 Å². The van der Waals surface area contributed by atoms with Gasteiger partial charge in [-0.15, -0.1) is 0 Å².